The first-order valence-electron chi connectivity index (χ1n) is 6.32. The minimum absolute atomic E-state index is 0.0462. The number of carbonyl (C=O) groups is 1. The molecule has 0 aromatic heterocycles. The van der Waals surface area contributed by atoms with Gasteiger partial charge < -0.3 is 4.74 Å². The van der Waals surface area contributed by atoms with E-state index in [9.17, 15) is 4.79 Å². The molecule has 90 valence electrons. The Morgan fingerprint density at radius 2 is 1.69 bits per heavy atom. The molecule has 3 fully saturated rings. The molecule has 2 aliphatic carbocycles. The Morgan fingerprint density at radius 1 is 1.12 bits per heavy atom. The zero-order chi connectivity index (χ0) is 12.2. The van der Waals surface area contributed by atoms with Crippen LogP contribution in [0.3, 0.4) is 0 Å². The van der Waals surface area contributed by atoms with Gasteiger partial charge in [0.15, 0.2) is 0 Å². The van der Waals surface area contributed by atoms with E-state index in [1.165, 1.54) is 0 Å². The monoisotopic (exact) mass is 222 g/mol. The standard InChI is InChI=1S/C14H22O2/c1-10(2,3)14-8-7-13(14)11(4,5)12(13,6)9(15)16-14/h7-8H2,1-6H3/t12-,13?,14?/m1/s1. The maximum atomic E-state index is 12.2. The van der Waals surface area contributed by atoms with E-state index in [2.05, 4.69) is 41.5 Å². The number of ether oxygens (including phenoxy) is 1. The molecule has 3 rings (SSSR count). The van der Waals surface area contributed by atoms with Gasteiger partial charge in [0, 0.05) is 10.8 Å². The summed E-state index contributed by atoms with van der Waals surface area (Å²) in [7, 11) is 0. The predicted octanol–water partition coefficient (Wildman–Crippen LogP) is 3.15. The first-order chi connectivity index (χ1) is 7.08. The maximum Gasteiger partial charge on any atom is 0.313 e. The van der Waals surface area contributed by atoms with Gasteiger partial charge in [-0.2, -0.15) is 0 Å². The van der Waals surface area contributed by atoms with Crippen molar-refractivity contribution in [2.45, 2.75) is 60.0 Å². The van der Waals surface area contributed by atoms with Gasteiger partial charge in [-0.3, -0.25) is 4.79 Å². The molecule has 16 heavy (non-hydrogen) atoms. The lowest BCUT2D eigenvalue weighted by atomic mass is 9.52. The molecule has 2 unspecified atom stereocenters. The van der Waals surface area contributed by atoms with Crippen LogP contribution in [-0.4, -0.2) is 11.6 Å². The Bertz CT molecular complexity index is 399. The summed E-state index contributed by atoms with van der Waals surface area (Å²) in [5.74, 6) is 0.0462. The molecule has 0 N–H and O–H groups in total. The predicted molar refractivity (Wildman–Crippen MR) is 61.8 cm³/mol. The topological polar surface area (TPSA) is 26.3 Å². The van der Waals surface area contributed by atoms with Crippen LogP contribution in [0.2, 0.25) is 0 Å². The molecule has 2 heteroatoms. The van der Waals surface area contributed by atoms with E-state index in [-0.39, 0.29) is 33.2 Å². The van der Waals surface area contributed by atoms with Crippen molar-refractivity contribution in [3.63, 3.8) is 0 Å². The maximum absolute atomic E-state index is 12.2. The first-order valence-corrected chi connectivity index (χ1v) is 6.32. The van der Waals surface area contributed by atoms with Crippen LogP contribution < -0.4 is 0 Å². The molecule has 0 radical (unpaired) electrons. The van der Waals surface area contributed by atoms with Crippen molar-refractivity contribution >= 4 is 5.97 Å². The normalized spacial score (nSPS) is 52.5. The second-order valence-electron chi connectivity index (χ2n) is 7.62. The van der Waals surface area contributed by atoms with E-state index in [4.69, 9.17) is 4.74 Å². The third-order valence-corrected chi connectivity index (χ3v) is 6.54. The summed E-state index contributed by atoms with van der Waals surface area (Å²) >= 11 is 0. The molecule has 3 atom stereocenters. The second-order valence-corrected chi connectivity index (χ2v) is 7.62. The molecule has 2 nitrogen and oxygen atoms in total. The molecule has 1 heterocycles. The van der Waals surface area contributed by atoms with Gasteiger partial charge >= 0.3 is 5.97 Å². The minimum Gasteiger partial charge on any atom is -0.457 e. The highest BCUT2D eigenvalue weighted by Crippen LogP contribution is 2.94. The van der Waals surface area contributed by atoms with Gasteiger partial charge in [0.05, 0.1) is 5.41 Å². The summed E-state index contributed by atoms with van der Waals surface area (Å²) < 4.78 is 5.86. The summed E-state index contributed by atoms with van der Waals surface area (Å²) in [6, 6.07) is 0. The highest BCUT2D eigenvalue weighted by Gasteiger charge is 2.99. The number of hydrogen-bond donors (Lipinski definition) is 0. The summed E-state index contributed by atoms with van der Waals surface area (Å²) in [4.78, 5) is 12.2. The fourth-order valence-corrected chi connectivity index (χ4v) is 5.27. The van der Waals surface area contributed by atoms with Crippen LogP contribution in [0.5, 0.6) is 0 Å². The van der Waals surface area contributed by atoms with Crippen molar-refractivity contribution in [3.05, 3.63) is 0 Å². The van der Waals surface area contributed by atoms with Crippen LogP contribution in [-0.2, 0) is 9.53 Å². The summed E-state index contributed by atoms with van der Waals surface area (Å²) in [6.45, 7) is 13.2. The van der Waals surface area contributed by atoms with E-state index in [1.807, 2.05) is 0 Å². The average molecular weight is 222 g/mol. The van der Waals surface area contributed by atoms with Crippen LogP contribution >= 0.6 is 0 Å². The van der Waals surface area contributed by atoms with Gasteiger partial charge in [-0.05, 0) is 25.2 Å². The molecule has 0 amide bonds. The zero-order valence-electron chi connectivity index (χ0n) is 11.2. The van der Waals surface area contributed by atoms with Gasteiger partial charge in [-0.15, -0.1) is 0 Å². The van der Waals surface area contributed by atoms with Crippen molar-refractivity contribution in [3.8, 4) is 0 Å². The molecule has 0 bridgehead atoms. The van der Waals surface area contributed by atoms with Crippen LogP contribution in [0.15, 0.2) is 0 Å². The number of carbonyl (C=O) groups excluding carboxylic acids is 1. The van der Waals surface area contributed by atoms with Crippen LogP contribution in [0, 0.1) is 21.7 Å². The van der Waals surface area contributed by atoms with Crippen LogP contribution in [0.1, 0.15) is 54.4 Å². The lowest BCUT2D eigenvalue weighted by Gasteiger charge is -2.56. The fraction of sp³-hybridized carbons (Fsp3) is 0.929. The molecule has 2 saturated carbocycles. The highest BCUT2D eigenvalue weighted by atomic mass is 16.6. The molecule has 0 aromatic carbocycles. The Morgan fingerprint density at radius 3 is 1.94 bits per heavy atom. The van der Waals surface area contributed by atoms with Gasteiger partial charge in [-0.25, -0.2) is 0 Å². The Kier molecular flexibility index (Phi) is 1.38. The molecule has 1 aliphatic heterocycles. The minimum atomic E-state index is -0.231. The summed E-state index contributed by atoms with van der Waals surface area (Å²) in [5.41, 5.74) is -0.156. The Balaban J connectivity index is 2.19. The molecule has 0 aromatic rings. The van der Waals surface area contributed by atoms with Gasteiger partial charge in [0.1, 0.15) is 5.60 Å². The molecule has 1 saturated heterocycles. The SMILES string of the molecule is CC(C)(C)C12CCC13C(C)(C)[C@@]3(C)C(=O)O2. The number of esters is 1. The molecule has 3 aliphatic rings. The lowest BCUT2D eigenvalue weighted by molar-refractivity contribution is -0.207. The fourth-order valence-electron chi connectivity index (χ4n) is 5.27. The van der Waals surface area contributed by atoms with Crippen molar-refractivity contribution in [2.75, 3.05) is 0 Å². The zero-order valence-corrected chi connectivity index (χ0v) is 11.2. The van der Waals surface area contributed by atoms with Crippen LogP contribution in [0.25, 0.3) is 0 Å². The van der Waals surface area contributed by atoms with Gasteiger partial charge in [0.2, 0.25) is 0 Å². The van der Waals surface area contributed by atoms with E-state index in [1.54, 1.807) is 0 Å². The number of rotatable bonds is 0. The van der Waals surface area contributed by atoms with E-state index in [0.717, 1.165) is 12.8 Å². The molecular weight excluding hydrogens is 200 g/mol. The Hall–Kier alpha value is -0.530. The van der Waals surface area contributed by atoms with E-state index < -0.39 is 0 Å². The second kappa shape index (κ2) is 2.09. The highest BCUT2D eigenvalue weighted by molar-refractivity contribution is 5.89. The van der Waals surface area contributed by atoms with Crippen molar-refractivity contribution < 1.29 is 9.53 Å². The van der Waals surface area contributed by atoms with Gasteiger partial charge in [-0.1, -0.05) is 34.6 Å². The summed E-state index contributed by atoms with van der Waals surface area (Å²) in [6.07, 6.45) is 2.20. The first kappa shape index (κ1) is 10.6. The molecular formula is C14H22O2. The molecule has 1 spiro atoms. The third kappa shape index (κ3) is 0.573. The largest absolute Gasteiger partial charge is 0.457 e. The summed E-state index contributed by atoms with van der Waals surface area (Å²) in [5, 5.41) is 0. The van der Waals surface area contributed by atoms with E-state index >= 15 is 0 Å². The van der Waals surface area contributed by atoms with Crippen molar-refractivity contribution in [2.24, 2.45) is 21.7 Å². The Labute approximate surface area is 97.7 Å². The van der Waals surface area contributed by atoms with Crippen LogP contribution in [0.4, 0.5) is 0 Å². The van der Waals surface area contributed by atoms with Gasteiger partial charge in [0.25, 0.3) is 0 Å². The average Bonchev–Trinajstić information content (AvgIpc) is 2.44. The quantitative estimate of drug-likeness (QED) is 0.588. The third-order valence-electron chi connectivity index (χ3n) is 6.54. The lowest BCUT2D eigenvalue weighted by Crippen LogP contribution is -2.60. The van der Waals surface area contributed by atoms with E-state index in [0.29, 0.717) is 0 Å². The van der Waals surface area contributed by atoms with Crippen molar-refractivity contribution in [1.82, 2.24) is 0 Å². The number of hydrogen-bond acceptors (Lipinski definition) is 2. The van der Waals surface area contributed by atoms with Crippen molar-refractivity contribution in [1.29, 1.82) is 0 Å². The smallest absolute Gasteiger partial charge is 0.313 e.